The molecule has 2 amide bonds. The topological polar surface area (TPSA) is 119 Å². The summed E-state index contributed by atoms with van der Waals surface area (Å²) < 4.78 is 4.67. The highest BCUT2D eigenvalue weighted by Crippen LogP contribution is 2.30. The third-order valence-electron chi connectivity index (χ3n) is 3.61. The quantitative estimate of drug-likeness (QED) is 0.547. The van der Waals surface area contributed by atoms with E-state index in [2.05, 4.69) is 4.74 Å². The number of benzene rings is 1. The number of nitrogens with one attached hydrogen (secondary N) is 1. The maximum absolute atomic E-state index is 12.1. The van der Waals surface area contributed by atoms with Crippen molar-refractivity contribution in [3.63, 3.8) is 0 Å². The fourth-order valence-electron chi connectivity index (χ4n) is 2.63. The number of carbonyl (C=O) groups excluding carboxylic acids is 1. The van der Waals surface area contributed by atoms with Crippen molar-refractivity contribution in [1.82, 2.24) is 15.3 Å². The third kappa shape index (κ3) is 3.34. The van der Waals surface area contributed by atoms with Gasteiger partial charge in [-0.25, -0.2) is 19.8 Å². The van der Waals surface area contributed by atoms with Crippen LogP contribution in [0.1, 0.15) is 5.56 Å². The van der Waals surface area contributed by atoms with Crippen molar-refractivity contribution in [2.24, 2.45) is 0 Å². The summed E-state index contributed by atoms with van der Waals surface area (Å²) in [6.07, 6.45) is -3.14. The van der Waals surface area contributed by atoms with Gasteiger partial charge < -0.3 is 14.9 Å². The number of carboxylic acid groups (broad SMARTS) is 2. The number of carbonyl (C=O) groups is 3. The molecule has 0 spiro atoms. The Morgan fingerprint density at radius 1 is 1.26 bits per heavy atom. The van der Waals surface area contributed by atoms with E-state index in [0.717, 1.165) is 12.7 Å². The van der Waals surface area contributed by atoms with E-state index in [4.69, 9.17) is 5.11 Å². The van der Waals surface area contributed by atoms with E-state index in [1.165, 1.54) is 0 Å². The van der Waals surface area contributed by atoms with Gasteiger partial charge in [0.1, 0.15) is 0 Å². The minimum absolute atomic E-state index is 0.0289. The maximum atomic E-state index is 12.1. The summed E-state index contributed by atoms with van der Waals surface area (Å²) in [5.74, 6) is -0.807. The van der Waals surface area contributed by atoms with Gasteiger partial charge in [-0.2, -0.15) is 5.01 Å². The number of rotatable bonds is 4. The molecule has 1 aromatic rings. The molecule has 0 unspecified atom stereocenters. The van der Waals surface area contributed by atoms with Crippen molar-refractivity contribution < 1.29 is 29.3 Å². The van der Waals surface area contributed by atoms with Gasteiger partial charge in [0.15, 0.2) is 5.54 Å². The molecule has 1 aromatic carbocycles. The van der Waals surface area contributed by atoms with Gasteiger partial charge in [-0.05, 0) is 5.56 Å². The van der Waals surface area contributed by atoms with Crippen molar-refractivity contribution >= 4 is 18.2 Å². The molecule has 1 heterocycles. The molecule has 1 fully saturated rings. The Hall–Kier alpha value is -2.81. The molecule has 9 heteroatoms. The number of esters is 1. The number of likely N-dealkylation sites (tertiary alicyclic amines) is 1. The molecule has 0 saturated carbocycles. The van der Waals surface area contributed by atoms with Gasteiger partial charge in [-0.15, -0.1) is 0 Å². The predicted molar refractivity (Wildman–Crippen MR) is 77.5 cm³/mol. The molecule has 2 rings (SSSR count). The molecule has 9 nitrogen and oxygen atoms in total. The molecular formula is C14H17N3O6. The van der Waals surface area contributed by atoms with Crippen LogP contribution in [0.15, 0.2) is 30.3 Å². The van der Waals surface area contributed by atoms with Crippen LogP contribution in [0.3, 0.4) is 0 Å². The number of nitrogens with zero attached hydrogens (tertiary/aromatic N) is 2. The Kier molecular flexibility index (Phi) is 4.70. The second kappa shape index (κ2) is 6.53. The van der Waals surface area contributed by atoms with Crippen LogP contribution in [0.25, 0.3) is 0 Å². The second-order valence-corrected chi connectivity index (χ2v) is 5.19. The molecule has 3 N–H and O–H groups in total. The van der Waals surface area contributed by atoms with Crippen molar-refractivity contribution in [1.29, 1.82) is 0 Å². The zero-order chi connectivity index (χ0) is 17.0. The molecular weight excluding hydrogens is 306 g/mol. The molecule has 1 aliphatic rings. The average molecular weight is 323 g/mol. The number of ether oxygens (including phenoxy) is 1. The lowest BCUT2D eigenvalue weighted by Crippen LogP contribution is -2.77. The van der Waals surface area contributed by atoms with Crippen LogP contribution in [0.5, 0.6) is 0 Å². The van der Waals surface area contributed by atoms with Crippen LogP contribution in [0.4, 0.5) is 9.59 Å². The van der Waals surface area contributed by atoms with Gasteiger partial charge in [0, 0.05) is 19.6 Å². The van der Waals surface area contributed by atoms with Gasteiger partial charge in [-0.1, -0.05) is 30.3 Å². The van der Waals surface area contributed by atoms with Crippen LogP contribution in [0.2, 0.25) is 0 Å². The predicted octanol–water partition coefficient (Wildman–Crippen LogP) is 0.577. The number of methoxy groups -OCH3 is 1. The molecule has 0 radical (unpaired) electrons. The highest BCUT2D eigenvalue weighted by Gasteiger charge is 2.57. The van der Waals surface area contributed by atoms with E-state index in [0.29, 0.717) is 11.6 Å². The van der Waals surface area contributed by atoms with Crippen LogP contribution in [0, 0.1) is 0 Å². The molecule has 124 valence electrons. The molecule has 23 heavy (non-hydrogen) atoms. The van der Waals surface area contributed by atoms with Crippen molar-refractivity contribution in [2.75, 3.05) is 20.2 Å². The molecule has 1 aliphatic heterocycles. The minimum atomic E-state index is -1.59. The normalized spacial score (nSPS) is 16.0. The Labute approximate surface area is 132 Å². The van der Waals surface area contributed by atoms with Crippen molar-refractivity contribution in [3.05, 3.63) is 35.9 Å². The first-order valence-electron chi connectivity index (χ1n) is 6.76. The minimum Gasteiger partial charge on any atom is -0.467 e. The molecule has 1 saturated heterocycles. The van der Waals surface area contributed by atoms with Crippen LogP contribution in [-0.2, 0) is 16.1 Å². The van der Waals surface area contributed by atoms with Gasteiger partial charge in [0.25, 0.3) is 0 Å². The summed E-state index contributed by atoms with van der Waals surface area (Å²) in [6.45, 7) is 0.572. The van der Waals surface area contributed by atoms with Gasteiger partial charge in [-0.3, -0.25) is 4.90 Å². The van der Waals surface area contributed by atoms with Crippen LogP contribution < -0.4 is 5.43 Å². The number of amides is 2. The first-order chi connectivity index (χ1) is 10.9. The van der Waals surface area contributed by atoms with E-state index in [1.54, 1.807) is 5.43 Å². The van der Waals surface area contributed by atoms with E-state index >= 15 is 0 Å². The third-order valence-corrected chi connectivity index (χ3v) is 3.61. The van der Waals surface area contributed by atoms with E-state index in [9.17, 15) is 19.5 Å². The second-order valence-electron chi connectivity index (χ2n) is 5.19. The summed E-state index contributed by atoms with van der Waals surface area (Å²) in [4.78, 5) is 36.0. The smallest absolute Gasteiger partial charge is 0.427 e. The van der Waals surface area contributed by atoms with Crippen molar-refractivity contribution in [3.8, 4) is 0 Å². The van der Waals surface area contributed by atoms with E-state index in [1.807, 2.05) is 35.2 Å². The molecule has 0 atom stereocenters. The Morgan fingerprint density at radius 2 is 1.87 bits per heavy atom. The largest absolute Gasteiger partial charge is 0.467 e. The number of hydrogen-bond donors (Lipinski definition) is 3. The summed E-state index contributed by atoms with van der Waals surface area (Å²) in [5.41, 5.74) is 1.15. The lowest BCUT2D eigenvalue weighted by molar-refractivity contribution is -0.170. The first-order valence-corrected chi connectivity index (χ1v) is 6.76. The summed E-state index contributed by atoms with van der Waals surface area (Å²) in [7, 11) is 1.13. The standard InChI is InChI=1S/C14H17N3O6/c1-23-11(18)14(17(13(21)22)15-12(19)20)8-16(9-14)7-10-5-3-2-4-6-10/h2-6,15H,7-9H2,1H3,(H,19,20)(H,21,22). The lowest BCUT2D eigenvalue weighted by Gasteiger charge is -2.51. The Morgan fingerprint density at radius 3 is 2.35 bits per heavy atom. The monoisotopic (exact) mass is 323 g/mol. The van der Waals surface area contributed by atoms with Crippen molar-refractivity contribution in [2.45, 2.75) is 12.1 Å². The summed E-state index contributed by atoms with van der Waals surface area (Å²) in [6, 6.07) is 9.43. The molecule has 0 aromatic heterocycles. The molecule has 0 aliphatic carbocycles. The Bertz CT molecular complexity index is 600. The number of hydrazine groups is 1. The average Bonchev–Trinajstić information content (AvgIpc) is 2.48. The van der Waals surface area contributed by atoms with E-state index < -0.39 is 23.7 Å². The van der Waals surface area contributed by atoms with Crippen LogP contribution in [-0.4, -0.2) is 64.0 Å². The summed E-state index contributed by atoms with van der Waals surface area (Å²) >= 11 is 0. The fraction of sp³-hybridized carbons (Fsp3) is 0.357. The van der Waals surface area contributed by atoms with Gasteiger partial charge in [0.2, 0.25) is 0 Å². The zero-order valence-electron chi connectivity index (χ0n) is 12.4. The lowest BCUT2D eigenvalue weighted by atomic mass is 9.88. The first kappa shape index (κ1) is 16.6. The zero-order valence-corrected chi connectivity index (χ0v) is 12.4. The van der Waals surface area contributed by atoms with E-state index in [-0.39, 0.29) is 13.1 Å². The van der Waals surface area contributed by atoms with Crippen LogP contribution >= 0.6 is 0 Å². The maximum Gasteiger partial charge on any atom is 0.427 e. The van der Waals surface area contributed by atoms with Gasteiger partial charge >= 0.3 is 18.2 Å². The fourth-order valence-corrected chi connectivity index (χ4v) is 2.63. The highest BCUT2D eigenvalue weighted by molar-refractivity contribution is 5.88. The highest BCUT2D eigenvalue weighted by atomic mass is 16.5. The number of hydrogen-bond acceptors (Lipinski definition) is 5. The van der Waals surface area contributed by atoms with Gasteiger partial charge in [0.05, 0.1) is 7.11 Å². The SMILES string of the molecule is COC(=O)C1(N(NC(=O)O)C(=O)O)CN(Cc2ccccc2)C1. The molecule has 0 bridgehead atoms. The summed E-state index contributed by atoms with van der Waals surface area (Å²) in [5, 5.41) is 18.4. The Balaban J connectivity index is 2.15.